The van der Waals surface area contributed by atoms with Gasteiger partial charge in [-0.05, 0) is 36.4 Å². The number of para-hydroxylation sites is 1. The van der Waals surface area contributed by atoms with Crippen LogP contribution in [0.2, 0.25) is 0 Å². The van der Waals surface area contributed by atoms with Gasteiger partial charge in [-0.25, -0.2) is 9.37 Å². The second kappa shape index (κ2) is 6.70. The number of nitrogens with one attached hydrogen (secondary N) is 2. The number of aromatic nitrogens is 1. The van der Waals surface area contributed by atoms with Crippen molar-refractivity contribution in [2.24, 2.45) is 0 Å². The van der Waals surface area contributed by atoms with Gasteiger partial charge >= 0.3 is 0 Å². The first-order chi connectivity index (χ1) is 11.2. The Hall–Kier alpha value is -3.21. The van der Waals surface area contributed by atoms with E-state index < -0.39 is 11.7 Å². The van der Waals surface area contributed by atoms with Crippen LogP contribution in [0.25, 0.3) is 0 Å². The third kappa shape index (κ3) is 3.71. The molecule has 0 unspecified atom stereocenters. The Morgan fingerprint density at radius 3 is 2.30 bits per heavy atom. The number of rotatable bonds is 4. The average Bonchev–Trinajstić information content (AvgIpc) is 2.58. The summed E-state index contributed by atoms with van der Waals surface area (Å²) >= 11 is 0. The Morgan fingerprint density at radius 2 is 1.61 bits per heavy atom. The fraction of sp³-hybridized carbons (Fsp3) is 0. The normalized spacial score (nSPS) is 10.1. The van der Waals surface area contributed by atoms with E-state index in [0.29, 0.717) is 11.5 Å². The van der Waals surface area contributed by atoms with Crippen LogP contribution >= 0.6 is 0 Å². The van der Waals surface area contributed by atoms with E-state index in [1.807, 2.05) is 30.3 Å². The molecule has 2 aromatic carbocycles. The first kappa shape index (κ1) is 14.7. The molecule has 2 N–H and O–H groups in total. The van der Waals surface area contributed by atoms with Crippen LogP contribution in [0.5, 0.6) is 0 Å². The van der Waals surface area contributed by atoms with Crippen LogP contribution in [-0.2, 0) is 0 Å². The number of carbonyl (C=O) groups excluding carboxylic acids is 1. The van der Waals surface area contributed by atoms with Gasteiger partial charge in [0.05, 0.1) is 17.4 Å². The van der Waals surface area contributed by atoms with Crippen LogP contribution < -0.4 is 10.6 Å². The van der Waals surface area contributed by atoms with Gasteiger partial charge in [-0.3, -0.25) is 4.79 Å². The second-order valence-electron chi connectivity index (χ2n) is 4.86. The molecule has 0 bridgehead atoms. The minimum absolute atomic E-state index is 0.000938. The quantitative estimate of drug-likeness (QED) is 0.759. The molecule has 1 heterocycles. The van der Waals surface area contributed by atoms with Crippen molar-refractivity contribution in [3.8, 4) is 0 Å². The van der Waals surface area contributed by atoms with Crippen molar-refractivity contribution >= 4 is 23.1 Å². The molecule has 4 nitrogen and oxygen atoms in total. The number of carbonyl (C=O) groups is 1. The Kier molecular flexibility index (Phi) is 4.29. The molecule has 0 atom stereocenters. The van der Waals surface area contributed by atoms with Gasteiger partial charge < -0.3 is 10.6 Å². The zero-order valence-corrected chi connectivity index (χ0v) is 12.2. The standard InChI is InChI=1S/C18H14FN3O/c19-16-9-5-4-8-15(16)18(23)22-14-10-11-17(20-12-14)21-13-6-2-1-3-7-13/h1-12H,(H,20,21)(H,22,23). The van der Waals surface area contributed by atoms with Gasteiger partial charge in [-0.1, -0.05) is 30.3 Å². The summed E-state index contributed by atoms with van der Waals surface area (Å²) < 4.78 is 13.6. The maximum absolute atomic E-state index is 13.6. The number of halogens is 1. The summed E-state index contributed by atoms with van der Waals surface area (Å²) in [4.78, 5) is 16.2. The molecule has 0 saturated carbocycles. The van der Waals surface area contributed by atoms with Gasteiger partial charge in [0.1, 0.15) is 11.6 Å². The molecule has 3 rings (SSSR count). The van der Waals surface area contributed by atoms with Crippen molar-refractivity contribution in [1.82, 2.24) is 4.98 Å². The number of benzene rings is 2. The predicted molar refractivity (Wildman–Crippen MR) is 88.3 cm³/mol. The number of amides is 1. The van der Waals surface area contributed by atoms with Gasteiger partial charge in [0.25, 0.3) is 5.91 Å². The number of pyridine rings is 1. The minimum atomic E-state index is -0.555. The van der Waals surface area contributed by atoms with Gasteiger partial charge in [0.2, 0.25) is 0 Å². The van der Waals surface area contributed by atoms with Crippen molar-refractivity contribution in [3.63, 3.8) is 0 Å². The largest absolute Gasteiger partial charge is 0.340 e. The van der Waals surface area contributed by atoms with E-state index in [-0.39, 0.29) is 5.56 Å². The van der Waals surface area contributed by atoms with Crippen LogP contribution in [0, 0.1) is 5.82 Å². The molecule has 0 fully saturated rings. The third-order valence-electron chi connectivity index (χ3n) is 3.19. The molecule has 0 saturated heterocycles. The Bertz CT molecular complexity index is 804. The van der Waals surface area contributed by atoms with Crippen molar-refractivity contribution in [1.29, 1.82) is 0 Å². The fourth-order valence-electron chi connectivity index (χ4n) is 2.05. The first-order valence-electron chi connectivity index (χ1n) is 7.06. The maximum Gasteiger partial charge on any atom is 0.258 e. The molecule has 3 aromatic rings. The molecule has 1 amide bonds. The molecule has 0 aliphatic carbocycles. The summed E-state index contributed by atoms with van der Waals surface area (Å²) in [5, 5.41) is 5.76. The molecule has 23 heavy (non-hydrogen) atoms. The lowest BCUT2D eigenvalue weighted by Crippen LogP contribution is -2.13. The zero-order valence-electron chi connectivity index (χ0n) is 12.2. The minimum Gasteiger partial charge on any atom is -0.340 e. The van der Waals surface area contributed by atoms with Crippen LogP contribution in [0.4, 0.5) is 21.6 Å². The van der Waals surface area contributed by atoms with Gasteiger partial charge in [-0.2, -0.15) is 0 Å². The van der Waals surface area contributed by atoms with Crippen LogP contribution in [0.15, 0.2) is 72.9 Å². The Labute approximate surface area is 133 Å². The summed E-state index contributed by atoms with van der Waals surface area (Å²) in [5.41, 5.74) is 1.42. The Morgan fingerprint density at radius 1 is 0.870 bits per heavy atom. The SMILES string of the molecule is O=C(Nc1ccc(Nc2ccccc2)nc1)c1ccccc1F. The second-order valence-corrected chi connectivity index (χ2v) is 4.86. The molecule has 114 valence electrons. The van der Waals surface area contributed by atoms with E-state index in [0.717, 1.165) is 5.69 Å². The lowest BCUT2D eigenvalue weighted by atomic mass is 10.2. The van der Waals surface area contributed by atoms with Crippen molar-refractivity contribution in [3.05, 3.63) is 84.3 Å². The number of nitrogens with zero attached hydrogens (tertiary/aromatic N) is 1. The molecular weight excluding hydrogens is 293 g/mol. The molecule has 0 radical (unpaired) electrons. The summed E-state index contributed by atoms with van der Waals surface area (Å²) in [6.45, 7) is 0. The van der Waals surface area contributed by atoms with Gasteiger partial charge in [0.15, 0.2) is 0 Å². The van der Waals surface area contributed by atoms with Crippen LogP contribution in [0.3, 0.4) is 0 Å². The van der Waals surface area contributed by atoms with Gasteiger partial charge in [-0.15, -0.1) is 0 Å². The van der Waals surface area contributed by atoms with E-state index in [1.165, 1.54) is 24.4 Å². The van der Waals surface area contributed by atoms with Crippen molar-refractivity contribution in [2.45, 2.75) is 0 Å². The molecule has 0 aliphatic heterocycles. The van der Waals surface area contributed by atoms with E-state index >= 15 is 0 Å². The van der Waals surface area contributed by atoms with Crippen molar-refractivity contribution < 1.29 is 9.18 Å². The molecule has 5 heteroatoms. The monoisotopic (exact) mass is 307 g/mol. The number of hydrogen-bond donors (Lipinski definition) is 2. The van der Waals surface area contributed by atoms with Crippen LogP contribution in [0.1, 0.15) is 10.4 Å². The summed E-state index contributed by atoms with van der Waals surface area (Å²) in [6, 6.07) is 18.9. The van der Waals surface area contributed by atoms with Gasteiger partial charge in [0, 0.05) is 5.69 Å². The highest BCUT2D eigenvalue weighted by molar-refractivity contribution is 6.04. The molecular formula is C18H14FN3O. The molecule has 0 aliphatic rings. The van der Waals surface area contributed by atoms with E-state index in [1.54, 1.807) is 18.2 Å². The third-order valence-corrected chi connectivity index (χ3v) is 3.19. The maximum atomic E-state index is 13.6. The topological polar surface area (TPSA) is 54.0 Å². The highest BCUT2D eigenvalue weighted by Crippen LogP contribution is 2.16. The van der Waals surface area contributed by atoms with E-state index in [9.17, 15) is 9.18 Å². The highest BCUT2D eigenvalue weighted by Gasteiger charge is 2.10. The molecule has 1 aromatic heterocycles. The van der Waals surface area contributed by atoms with E-state index in [2.05, 4.69) is 15.6 Å². The summed E-state index contributed by atoms with van der Waals surface area (Å²) in [7, 11) is 0. The lowest BCUT2D eigenvalue weighted by Gasteiger charge is -2.08. The molecule has 0 spiro atoms. The highest BCUT2D eigenvalue weighted by atomic mass is 19.1. The smallest absolute Gasteiger partial charge is 0.258 e. The number of anilines is 3. The number of hydrogen-bond acceptors (Lipinski definition) is 3. The first-order valence-corrected chi connectivity index (χ1v) is 7.06. The summed E-state index contributed by atoms with van der Waals surface area (Å²) in [5.74, 6) is -0.408. The van der Waals surface area contributed by atoms with Crippen molar-refractivity contribution in [2.75, 3.05) is 10.6 Å². The lowest BCUT2D eigenvalue weighted by molar-refractivity contribution is 0.102. The predicted octanol–water partition coefficient (Wildman–Crippen LogP) is 4.22. The average molecular weight is 307 g/mol. The van der Waals surface area contributed by atoms with E-state index in [4.69, 9.17) is 0 Å². The zero-order chi connectivity index (χ0) is 16.1. The Balaban J connectivity index is 1.68. The fourth-order valence-corrected chi connectivity index (χ4v) is 2.05. The summed E-state index contributed by atoms with van der Waals surface area (Å²) in [6.07, 6.45) is 1.52. The van der Waals surface area contributed by atoms with Crippen LogP contribution in [-0.4, -0.2) is 10.9 Å².